The molecule has 0 aliphatic rings. The zero-order valence-corrected chi connectivity index (χ0v) is 10.2. The topological polar surface area (TPSA) is 66.4 Å². The van der Waals surface area contributed by atoms with E-state index >= 15 is 0 Å². The molecule has 0 saturated heterocycles. The molecule has 0 amide bonds. The summed E-state index contributed by atoms with van der Waals surface area (Å²) in [4.78, 5) is 0. The van der Waals surface area contributed by atoms with Crippen LogP contribution in [0.4, 0.5) is 0 Å². The Morgan fingerprint density at radius 2 is 1.93 bits per heavy atom. The van der Waals surface area contributed by atoms with Gasteiger partial charge in [-0.1, -0.05) is 0 Å². The maximum Gasteiger partial charge on any atom is 0.211 e. The van der Waals surface area contributed by atoms with Gasteiger partial charge in [0.1, 0.15) is 0 Å². The van der Waals surface area contributed by atoms with Crippen molar-refractivity contribution in [1.29, 1.82) is 0 Å². The zero-order valence-electron chi connectivity index (χ0n) is 8.59. The zero-order chi connectivity index (χ0) is 11.2. The molecule has 0 bridgehead atoms. The van der Waals surface area contributed by atoms with Gasteiger partial charge in [0.25, 0.3) is 0 Å². The molecule has 0 aliphatic heterocycles. The molecular weight excluding hydrogens is 226 g/mol. The number of aliphatic hydroxyl groups is 1. The monoisotopic (exact) mass is 243 g/mol. The highest BCUT2D eigenvalue weighted by molar-refractivity contribution is 7.89. The van der Waals surface area contributed by atoms with Crippen LogP contribution in [0.2, 0.25) is 0 Å². The van der Waals surface area contributed by atoms with E-state index in [9.17, 15) is 13.5 Å². The minimum Gasteiger partial charge on any atom is -0.389 e. The molecule has 0 saturated carbocycles. The molecule has 0 unspecified atom stereocenters. The minimum atomic E-state index is -3.26. The molecule has 0 fully saturated rings. The van der Waals surface area contributed by atoms with Gasteiger partial charge < -0.3 is 5.11 Å². The summed E-state index contributed by atoms with van der Waals surface area (Å²) in [5.41, 5.74) is -1.01. The fraction of sp³-hybridized carbons (Fsp3) is 1.00. The van der Waals surface area contributed by atoms with E-state index in [0.29, 0.717) is 18.7 Å². The van der Waals surface area contributed by atoms with E-state index in [4.69, 9.17) is 11.6 Å². The summed E-state index contributed by atoms with van der Waals surface area (Å²) >= 11 is 5.42. The second kappa shape index (κ2) is 5.90. The molecule has 86 valence electrons. The van der Waals surface area contributed by atoms with Crippen LogP contribution >= 0.6 is 11.6 Å². The molecule has 0 heterocycles. The van der Waals surface area contributed by atoms with Gasteiger partial charge in [-0.25, -0.2) is 13.1 Å². The van der Waals surface area contributed by atoms with E-state index in [-0.39, 0.29) is 12.3 Å². The van der Waals surface area contributed by atoms with Crippen molar-refractivity contribution < 1.29 is 13.5 Å². The van der Waals surface area contributed by atoms with Crippen LogP contribution in [0.1, 0.15) is 26.7 Å². The van der Waals surface area contributed by atoms with Crippen molar-refractivity contribution in [2.75, 3.05) is 18.2 Å². The Hall–Kier alpha value is 0.160. The Morgan fingerprint density at radius 3 is 2.36 bits per heavy atom. The van der Waals surface area contributed by atoms with Gasteiger partial charge in [0.15, 0.2) is 0 Å². The van der Waals surface area contributed by atoms with Crippen LogP contribution in [-0.4, -0.2) is 37.3 Å². The molecule has 6 heteroatoms. The van der Waals surface area contributed by atoms with E-state index in [1.807, 2.05) is 0 Å². The number of alkyl halides is 1. The summed E-state index contributed by atoms with van der Waals surface area (Å²) in [6.45, 7) is 3.14. The lowest BCUT2D eigenvalue weighted by Crippen LogP contribution is -2.39. The lowest BCUT2D eigenvalue weighted by molar-refractivity contribution is 0.0857. The van der Waals surface area contributed by atoms with Crippen LogP contribution in [0.3, 0.4) is 0 Å². The standard InChI is InChI=1S/C8H18ClNO3S/c1-8(2,11)7-10-14(12,13)6-4-3-5-9/h10-11H,3-7H2,1-2H3. The van der Waals surface area contributed by atoms with Crippen LogP contribution < -0.4 is 4.72 Å². The largest absolute Gasteiger partial charge is 0.389 e. The van der Waals surface area contributed by atoms with Crippen molar-refractivity contribution in [3.05, 3.63) is 0 Å². The molecule has 0 aromatic carbocycles. The number of halogens is 1. The molecule has 0 spiro atoms. The first-order chi connectivity index (χ1) is 6.27. The Balaban J connectivity index is 3.85. The highest BCUT2D eigenvalue weighted by Gasteiger charge is 2.17. The SMILES string of the molecule is CC(C)(O)CNS(=O)(=O)CCCCCl. The normalized spacial score (nSPS) is 13.1. The Bertz CT molecular complexity index is 246. The maximum atomic E-state index is 11.3. The highest BCUT2D eigenvalue weighted by atomic mass is 35.5. The third-order valence-corrected chi connectivity index (χ3v) is 3.20. The van der Waals surface area contributed by atoms with Crippen molar-refractivity contribution in [2.24, 2.45) is 0 Å². The Labute approximate surface area is 90.7 Å². The number of unbranched alkanes of at least 4 members (excludes halogenated alkanes) is 1. The van der Waals surface area contributed by atoms with Gasteiger partial charge in [0, 0.05) is 12.4 Å². The molecule has 2 N–H and O–H groups in total. The first-order valence-electron chi connectivity index (χ1n) is 4.52. The summed E-state index contributed by atoms with van der Waals surface area (Å²) in [5.74, 6) is 0.539. The number of sulfonamides is 1. The van der Waals surface area contributed by atoms with Crippen molar-refractivity contribution in [2.45, 2.75) is 32.3 Å². The van der Waals surface area contributed by atoms with Crippen LogP contribution in [0.25, 0.3) is 0 Å². The Kier molecular flexibility index (Phi) is 5.97. The fourth-order valence-corrected chi connectivity index (χ4v) is 2.24. The Morgan fingerprint density at radius 1 is 1.36 bits per heavy atom. The highest BCUT2D eigenvalue weighted by Crippen LogP contribution is 2.01. The predicted molar refractivity (Wildman–Crippen MR) is 58.0 cm³/mol. The fourth-order valence-electron chi connectivity index (χ4n) is 0.745. The average Bonchev–Trinajstić information content (AvgIpc) is 2.00. The molecule has 0 aliphatic carbocycles. The van der Waals surface area contributed by atoms with E-state index in [0.717, 1.165) is 0 Å². The van der Waals surface area contributed by atoms with Gasteiger partial charge in [0.05, 0.1) is 11.4 Å². The third-order valence-electron chi connectivity index (χ3n) is 1.52. The predicted octanol–water partition coefficient (Wildman–Crippen LogP) is 0.696. The average molecular weight is 244 g/mol. The molecule has 0 aromatic rings. The van der Waals surface area contributed by atoms with Gasteiger partial charge >= 0.3 is 0 Å². The quantitative estimate of drug-likeness (QED) is 0.511. The van der Waals surface area contributed by atoms with E-state index in [2.05, 4.69) is 4.72 Å². The van der Waals surface area contributed by atoms with Crippen LogP contribution in [0.15, 0.2) is 0 Å². The number of nitrogens with one attached hydrogen (secondary N) is 1. The van der Waals surface area contributed by atoms with Crippen LogP contribution in [0, 0.1) is 0 Å². The number of hydrogen-bond donors (Lipinski definition) is 2. The number of hydrogen-bond acceptors (Lipinski definition) is 3. The molecule has 14 heavy (non-hydrogen) atoms. The van der Waals surface area contributed by atoms with E-state index < -0.39 is 15.6 Å². The van der Waals surface area contributed by atoms with Crippen molar-refractivity contribution >= 4 is 21.6 Å². The number of rotatable bonds is 7. The third kappa shape index (κ3) is 8.74. The van der Waals surface area contributed by atoms with Gasteiger partial charge in [-0.05, 0) is 26.7 Å². The molecule has 0 rings (SSSR count). The van der Waals surface area contributed by atoms with Crippen molar-refractivity contribution in [3.63, 3.8) is 0 Å². The summed E-state index contributed by atoms with van der Waals surface area (Å²) in [6, 6.07) is 0. The molecule has 4 nitrogen and oxygen atoms in total. The van der Waals surface area contributed by atoms with Crippen molar-refractivity contribution in [3.8, 4) is 0 Å². The molecular formula is C8H18ClNO3S. The summed E-state index contributed by atoms with van der Waals surface area (Å²) < 4.78 is 24.9. The first-order valence-corrected chi connectivity index (χ1v) is 6.71. The minimum absolute atomic E-state index is 0.0379. The second-order valence-corrected chi connectivity index (χ2v) is 6.15. The summed E-state index contributed by atoms with van der Waals surface area (Å²) in [5, 5.41) is 9.30. The molecule has 0 atom stereocenters. The second-order valence-electron chi connectivity index (χ2n) is 3.85. The van der Waals surface area contributed by atoms with Gasteiger partial charge in [-0.2, -0.15) is 0 Å². The molecule has 0 radical (unpaired) electrons. The first kappa shape index (κ1) is 14.2. The van der Waals surface area contributed by atoms with Crippen molar-refractivity contribution in [1.82, 2.24) is 4.72 Å². The van der Waals surface area contributed by atoms with E-state index in [1.54, 1.807) is 13.8 Å². The van der Waals surface area contributed by atoms with Gasteiger partial charge in [-0.15, -0.1) is 11.6 Å². The van der Waals surface area contributed by atoms with E-state index in [1.165, 1.54) is 0 Å². The van der Waals surface area contributed by atoms with Crippen LogP contribution in [-0.2, 0) is 10.0 Å². The lowest BCUT2D eigenvalue weighted by atomic mass is 10.1. The summed E-state index contributed by atoms with van der Waals surface area (Å²) in [7, 11) is -3.26. The maximum absolute atomic E-state index is 11.3. The van der Waals surface area contributed by atoms with Crippen LogP contribution in [0.5, 0.6) is 0 Å². The smallest absolute Gasteiger partial charge is 0.211 e. The molecule has 0 aromatic heterocycles. The van der Waals surface area contributed by atoms with Gasteiger partial charge in [0.2, 0.25) is 10.0 Å². The summed E-state index contributed by atoms with van der Waals surface area (Å²) in [6.07, 6.45) is 1.23. The lowest BCUT2D eigenvalue weighted by Gasteiger charge is -2.17. The van der Waals surface area contributed by atoms with Gasteiger partial charge in [-0.3, -0.25) is 0 Å².